The van der Waals surface area contributed by atoms with Crippen molar-refractivity contribution in [2.24, 2.45) is 11.8 Å². The van der Waals surface area contributed by atoms with Crippen LogP contribution >= 0.6 is 0 Å². The second-order valence-electron chi connectivity index (χ2n) is 6.73. The molecule has 0 radical (unpaired) electrons. The van der Waals surface area contributed by atoms with Gasteiger partial charge in [-0.2, -0.15) is 0 Å². The molecule has 0 aromatic heterocycles. The quantitative estimate of drug-likeness (QED) is 0.619. The number of sulfonamides is 1. The van der Waals surface area contributed by atoms with Crippen molar-refractivity contribution < 1.29 is 13.2 Å². The third-order valence-corrected chi connectivity index (χ3v) is 6.83. The van der Waals surface area contributed by atoms with E-state index in [1.165, 1.54) is 36.4 Å². The molecule has 23 heavy (non-hydrogen) atoms. The Kier molecular flexibility index (Phi) is 9.14. The molecule has 0 saturated heterocycles. The van der Waals surface area contributed by atoms with Gasteiger partial charge in [0.1, 0.15) is 0 Å². The van der Waals surface area contributed by atoms with Crippen LogP contribution in [0.3, 0.4) is 0 Å². The summed E-state index contributed by atoms with van der Waals surface area (Å²) in [5.74, 6) is 1.24. The molecular weight excluding hydrogens is 312 g/mol. The van der Waals surface area contributed by atoms with Crippen molar-refractivity contribution in [1.29, 1.82) is 0 Å². The Bertz CT molecular complexity index is 443. The molecule has 1 aliphatic rings. The van der Waals surface area contributed by atoms with Crippen LogP contribution in [0.1, 0.15) is 65.2 Å². The van der Waals surface area contributed by atoms with Crippen molar-refractivity contribution in [3.8, 4) is 0 Å². The number of hydrogen-bond donors (Lipinski definition) is 1. The highest BCUT2D eigenvalue weighted by Gasteiger charge is 2.25. The second-order valence-corrected chi connectivity index (χ2v) is 9.09. The van der Waals surface area contributed by atoms with Gasteiger partial charge in [-0.15, -0.1) is 0 Å². The SMILES string of the molecule is CCCCC1CCC(C(=O)NCCCN(C)S(=O)(=O)CC)CC1. The molecule has 0 spiro atoms. The number of unbranched alkanes of at least 4 members (excludes halogenated alkanes) is 1. The van der Waals surface area contributed by atoms with Crippen molar-refractivity contribution in [1.82, 2.24) is 9.62 Å². The average molecular weight is 347 g/mol. The molecule has 0 unspecified atom stereocenters. The van der Waals surface area contributed by atoms with Crippen LogP contribution in [0.25, 0.3) is 0 Å². The summed E-state index contributed by atoms with van der Waals surface area (Å²) >= 11 is 0. The summed E-state index contributed by atoms with van der Waals surface area (Å²) in [7, 11) is -1.52. The first-order valence-corrected chi connectivity index (χ1v) is 10.7. The molecule has 1 rings (SSSR count). The zero-order valence-corrected chi connectivity index (χ0v) is 15.8. The maximum absolute atomic E-state index is 12.2. The Hall–Kier alpha value is -0.620. The highest BCUT2D eigenvalue weighted by atomic mass is 32.2. The van der Waals surface area contributed by atoms with Crippen LogP contribution in [0.15, 0.2) is 0 Å². The molecule has 0 aromatic rings. The zero-order valence-electron chi connectivity index (χ0n) is 15.0. The fourth-order valence-corrected chi connectivity index (χ4v) is 4.07. The first-order chi connectivity index (χ1) is 10.9. The van der Waals surface area contributed by atoms with Crippen LogP contribution in [-0.2, 0) is 14.8 Å². The number of rotatable bonds is 10. The van der Waals surface area contributed by atoms with Crippen LogP contribution in [-0.4, -0.2) is 44.5 Å². The minimum atomic E-state index is -3.11. The lowest BCUT2D eigenvalue weighted by Gasteiger charge is -2.27. The van der Waals surface area contributed by atoms with Gasteiger partial charge in [0.25, 0.3) is 0 Å². The van der Waals surface area contributed by atoms with Crippen molar-refractivity contribution >= 4 is 15.9 Å². The van der Waals surface area contributed by atoms with E-state index in [0.717, 1.165) is 18.8 Å². The van der Waals surface area contributed by atoms with Crippen LogP contribution in [0.2, 0.25) is 0 Å². The molecule has 1 N–H and O–H groups in total. The van der Waals surface area contributed by atoms with Gasteiger partial charge >= 0.3 is 0 Å². The summed E-state index contributed by atoms with van der Waals surface area (Å²) in [6.45, 7) is 4.88. The lowest BCUT2D eigenvalue weighted by atomic mass is 9.79. The number of hydrogen-bond acceptors (Lipinski definition) is 3. The molecule has 0 aliphatic heterocycles. The lowest BCUT2D eigenvalue weighted by molar-refractivity contribution is -0.126. The van der Waals surface area contributed by atoms with Crippen molar-refractivity contribution in [3.63, 3.8) is 0 Å². The van der Waals surface area contributed by atoms with Gasteiger partial charge in [0.05, 0.1) is 5.75 Å². The summed E-state index contributed by atoms with van der Waals surface area (Å²) in [5, 5.41) is 2.97. The molecule has 0 heterocycles. The van der Waals surface area contributed by atoms with Crippen LogP contribution in [0.5, 0.6) is 0 Å². The van der Waals surface area contributed by atoms with Crippen LogP contribution in [0.4, 0.5) is 0 Å². The second kappa shape index (κ2) is 10.3. The Morgan fingerprint density at radius 1 is 1.13 bits per heavy atom. The maximum atomic E-state index is 12.2. The third kappa shape index (κ3) is 7.21. The zero-order chi connectivity index (χ0) is 17.3. The molecule has 1 fully saturated rings. The molecule has 0 aromatic carbocycles. The standard InChI is InChI=1S/C17H34N2O3S/c1-4-6-8-15-9-11-16(12-10-15)17(20)18-13-7-14-19(3)23(21,22)5-2/h15-16H,4-14H2,1-3H3,(H,18,20). The summed E-state index contributed by atoms with van der Waals surface area (Å²) in [6.07, 6.45) is 8.88. The highest BCUT2D eigenvalue weighted by Crippen LogP contribution is 2.31. The predicted molar refractivity (Wildman–Crippen MR) is 94.7 cm³/mol. The number of nitrogens with one attached hydrogen (secondary N) is 1. The van der Waals surface area contributed by atoms with Gasteiger partial charge in [0.2, 0.25) is 15.9 Å². The van der Waals surface area contributed by atoms with E-state index in [0.29, 0.717) is 19.5 Å². The van der Waals surface area contributed by atoms with E-state index in [2.05, 4.69) is 12.2 Å². The fourth-order valence-electron chi connectivity index (χ4n) is 3.22. The molecule has 0 bridgehead atoms. The van der Waals surface area contributed by atoms with Gasteiger partial charge in [-0.1, -0.05) is 26.2 Å². The van der Waals surface area contributed by atoms with Gasteiger partial charge in [-0.3, -0.25) is 4.79 Å². The van der Waals surface area contributed by atoms with E-state index in [1.807, 2.05) is 0 Å². The average Bonchev–Trinajstić information content (AvgIpc) is 2.56. The van der Waals surface area contributed by atoms with Crippen molar-refractivity contribution in [3.05, 3.63) is 0 Å². The first-order valence-electron chi connectivity index (χ1n) is 9.12. The summed E-state index contributed by atoms with van der Waals surface area (Å²) in [5.41, 5.74) is 0. The smallest absolute Gasteiger partial charge is 0.223 e. The fraction of sp³-hybridized carbons (Fsp3) is 0.941. The Labute approximate surface area is 142 Å². The normalized spacial score (nSPS) is 22.3. The summed E-state index contributed by atoms with van der Waals surface area (Å²) in [6, 6.07) is 0. The van der Waals surface area contributed by atoms with Crippen LogP contribution < -0.4 is 5.32 Å². The molecule has 1 aliphatic carbocycles. The Morgan fingerprint density at radius 2 is 1.78 bits per heavy atom. The van der Waals surface area contributed by atoms with E-state index in [9.17, 15) is 13.2 Å². The first kappa shape index (κ1) is 20.4. The van der Waals surface area contributed by atoms with Gasteiger partial charge in [0.15, 0.2) is 0 Å². The van der Waals surface area contributed by atoms with Gasteiger partial charge in [-0.25, -0.2) is 12.7 Å². The maximum Gasteiger partial charge on any atom is 0.223 e. The minimum Gasteiger partial charge on any atom is -0.356 e. The lowest BCUT2D eigenvalue weighted by Crippen LogP contribution is -2.36. The Morgan fingerprint density at radius 3 is 2.35 bits per heavy atom. The molecule has 1 amide bonds. The van der Waals surface area contributed by atoms with E-state index >= 15 is 0 Å². The van der Waals surface area contributed by atoms with Crippen LogP contribution in [0, 0.1) is 11.8 Å². The molecule has 1 saturated carbocycles. The topological polar surface area (TPSA) is 66.5 Å². The predicted octanol–water partition coefficient (Wildman–Crippen LogP) is 2.77. The van der Waals surface area contributed by atoms with E-state index < -0.39 is 10.0 Å². The number of nitrogens with zero attached hydrogens (tertiary/aromatic N) is 1. The summed E-state index contributed by atoms with van der Waals surface area (Å²) < 4.78 is 24.6. The number of carbonyl (C=O) groups excluding carboxylic acids is 1. The van der Waals surface area contributed by atoms with Gasteiger partial charge in [-0.05, 0) is 44.9 Å². The van der Waals surface area contributed by atoms with Crippen molar-refractivity contribution in [2.75, 3.05) is 25.9 Å². The third-order valence-electron chi connectivity index (χ3n) is 4.97. The molecule has 5 nitrogen and oxygen atoms in total. The summed E-state index contributed by atoms with van der Waals surface area (Å²) in [4.78, 5) is 12.2. The minimum absolute atomic E-state index is 0.122. The van der Waals surface area contributed by atoms with E-state index in [-0.39, 0.29) is 17.6 Å². The van der Waals surface area contributed by atoms with Gasteiger partial charge < -0.3 is 5.32 Å². The molecule has 6 heteroatoms. The van der Waals surface area contributed by atoms with Crippen molar-refractivity contribution in [2.45, 2.75) is 65.2 Å². The largest absolute Gasteiger partial charge is 0.356 e. The molecule has 0 atom stereocenters. The number of amides is 1. The van der Waals surface area contributed by atoms with E-state index in [1.54, 1.807) is 14.0 Å². The molecular formula is C17H34N2O3S. The highest BCUT2D eigenvalue weighted by molar-refractivity contribution is 7.89. The molecule has 136 valence electrons. The Balaban J connectivity index is 2.18. The van der Waals surface area contributed by atoms with Gasteiger partial charge in [0, 0.05) is 26.1 Å². The monoisotopic (exact) mass is 346 g/mol. The van der Waals surface area contributed by atoms with E-state index in [4.69, 9.17) is 0 Å². The number of carbonyl (C=O) groups is 1.